The molecule has 0 aliphatic carbocycles. The Hall–Kier alpha value is -2.22. The zero-order valence-electron chi connectivity index (χ0n) is 15.6. The second kappa shape index (κ2) is 9.12. The van der Waals surface area contributed by atoms with Crippen molar-refractivity contribution in [3.63, 3.8) is 0 Å². The van der Waals surface area contributed by atoms with E-state index < -0.39 is 0 Å². The summed E-state index contributed by atoms with van der Waals surface area (Å²) < 4.78 is 5.33. The van der Waals surface area contributed by atoms with E-state index in [1.165, 1.54) is 0 Å². The van der Waals surface area contributed by atoms with Gasteiger partial charge in [0.15, 0.2) is 5.69 Å². The molecule has 7 nitrogen and oxygen atoms in total. The average Bonchev–Trinajstić information content (AvgIpc) is 2.66. The van der Waals surface area contributed by atoms with Crippen LogP contribution in [0.15, 0.2) is 24.3 Å². The Kier molecular flexibility index (Phi) is 6.60. The molecule has 0 unspecified atom stereocenters. The molecule has 8 heteroatoms. The summed E-state index contributed by atoms with van der Waals surface area (Å²) in [5.74, 6) is 0.306. The number of amides is 1. The van der Waals surface area contributed by atoms with Crippen LogP contribution >= 0.6 is 11.6 Å². The van der Waals surface area contributed by atoms with E-state index in [4.69, 9.17) is 16.3 Å². The van der Waals surface area contributed by atoms with Gasteiger partial charge in [-0.05, 0) is 43.2 Å². The number of benzene rings is 1. The number of halogens is 1. The number of hydrogen-bond acceptors (Lipinski definition) is 6. The molecule has 1 aliphatic rings. The van der Waals surface area contributed by atoms with E-state index in [0.717, 1.165) is 50.5 Å². The molecule has 0 radical (unpaired) electrons. The van der Waals surface area contributed by atoms with Crippen LogP contribution in [-0.2, 0) is 4.74 Å². The van der Waals surface area contributed by atoms with E-state index in [0.29, 0.717) is 16.5 Å². The van der Waals surface area contributed by atoms with E-state index in [-0.39, 0.29) is 11.6 Å². The number of nitrogens with zero attached hydrogens (tertiary/aromatic N) is 3. The van der Waals surface area contributed by atoms with Gasteiger partial charge in [0, 0.05) is 26.2 Å². The summed E-state index contributed by atoms with van der Waals surface area (Å²) in [7, 11) is 0. The molecular weight excluding hydrogens is 366 g/mol. The van der Waals surface area contributed by atoms with Crippen LogP contribution in [0.5, 0.6) is 0 Å². The third kappa shape index (κ3) is 5.38. The molecule has 0 saturated carbocycles. The Morgan fingerprint density at radius 1 is 1.22 bits per heavy atom. The monoisotopic (exact) mass is 389 g/mol. The van der Waals surface area contributed by atoms with Gasteiger partial charge in [0.1, 0.15) is 5.82 Å². The van der Waals surface area contributed by atoms with Crippen molar-refractivity contribution >= 4 is 29.0 Å². The summed E-state index contributed by atoms with van der Waals surface area (Å²) in [5.41, 5.74) is 2.79. The largest absolute Gasteiger partial charge is 0.379 e. The first-order valence-electron chi connectivity index (χ1n) is 8.99. The third-order valence-electron chi connectivity index (χ3n) is 4.41. The lowest BCUT2D eigenvalue weighted by atomic mass is 10.1. The molecule has 144 valence electrons. The molecule has 3 rings (SSSR count). The molecule has 1 fully saturated rings. The molecule has 1 saturated heterocycles. The van der Waals surface area contributed by atoms with Gasteiger partial charge in [0.2, 0.25) is 0 Å². The lowest BCUT2D eigenvalue weighted by Crippen LogP contribution is -2.39. The summed E-state index contributed by atoms with van der Waals surface area (Å²) in [4.78, 5) is 14.8. The Morgan fingerprint density at radius 2 is 2.00 bits per heavy atom. The highest BCUT2D eigenvalue weighted by Gasteiger charge is 2.13. The number of hydrogen-bond donors (Lipinski definition) is 2. The number of aryl methyl sites for hydroxylation is 2. The zero-order valence-corrected chi connectivity index (χ0v) is 16.3. The number of aromatic nitrogens is 2. The Balaban J connectivity index is 1.54. The second-order valence-electron chi connectivity index (χ2n) is 6.58. The molecule has 0 atom stereocenters. The average molecular weight is 390 g/mol. The fourth-order valence-corrected chi connectivity index (χ4v) is 3.33. The normalized spacial score (nSPS) is 14.8. The third-order valence-corrected chi connectivity index (χ3v) is 4.70. The summed E-state index contributed by atoms with van der Waals surface area (Å²) in [6.45, 7) is 9.02. The molecule has 1 aromatic carbocycles. The number of carbonyl (C=O) groups is 1. The van der Waals surface area contributed by atoms with Gasteiger partial charge in [-0.1, -0.05) is 17.7 Å². The van der Waals surface area contributed by atoms with Crippen LogP contribution in [0.3, 0.4) is 0 Å². The first kappa shape index (κ1) is 19.5. The van der Waals surface area contributed by atoms with Gasteiger partial charge in [-0.3, -0.25) is 9.69 Å². The van der Waals surface area contributed by atoms with Gasteiger partial charge in [0.25, 0.3) is 5.91 Å². The van der Waals surface area contributed by atoms with Crippen molar-refractivity contribution in [2.24, 2.45) is 0 Å². The molecule has 1 amide bonds. The fourth-order valence-electron chi connectivity index (χ4n) is 2.97. The molecule has 2 heterocycles. The highest BCUT2D eigenvalue weighted by Crippen LogP contribution is 2.27. The number of carbonyl (C=O) groups excluding carboxylic acids is 1. The highest BCUT2D eigenvalue weighted by molar-refractivity contribution is 6.34. The summed E-state index contributed by atoms with van der Waals surface area (Å²) >= 11 is 6.24. The van der Waals surface area contributed by atoms with E-state index in [9.17, 15) is 4.79 Å². The van der Waals surface area contributed by atoms with Crippen LogP contribution in [0.4, 0.5) is 11.5 Å². The van der Waals surface area contributed by atoms with Gasteiger partial charge in [-0.15, -0.1) is 10.2 Å². The van der Waals surface area contributed by atoms with Crippen molar-refractivity contribution in [3.05, 3.63) is 46.1 Å². The number of anilines is 2. The predicted molar refractivity (Wildman–Crippen MR) is 107 cm³/mol. The SMILES string of the molecule is Cc1cc(C)c(NC(=O)c2ccc(NCCN3CCOCC3)nn2)c(Cl)c1. The van der Waals surface area contributed by atoms with E-state index >= 15 is 0 Å². The fraction of sp³-hybridized carbons (Fsp3) is 0.421. The van der Waals surface area contributed by atoms with Crippen LogP contribution in [-0.4, -0.2) is 60.4 Å². The first-order chi connectivity index (χ1) is 13.0. The zero-order chi connectivity index (χ0) is 19.2. The summed E-state index contributed by atoms with van der Waals surface area (Å²) in [6.07, 6.45) is 0. The number of ether oxygens (including phenoxy) is 1. The highest BCUT2D eigenvalue weighted by atomic mass is 35.5. The first-order valence-corrected chi connectivity index (χ1v) is 9.36. The van der Waals surface area contributed by atoms with Crippen LogP contribution in [0.2, 0.25) is 5.02 Å². The predicted octanol–water partition coefficient (Wildman–Crippen LogP) is 2.74. The van der Waals surface area contributed by atoms with Crippen molar-refractivity contribution in [1.29, 1.82) is 0 Å². The van der Waals surface area contributed by atoms with E-state index in [1.54, 1.807) is 12.1 Å². The molecule has 2 aromatic rings. The topological polar surface area (TPSA) is 79.4 Å². The Bertz CT molecular complexity index is 768. The molecular formula is C19H24ClN5O2. The number of rotatable bonds is 6. The minimum Gasteiger partial charge on any atom is -0.379 e. The van der Waals surface area contributed by atoms with Crippen molar-refractivity contribution in [1.82, 2.24) is 15.1 Å². The smallest absolute Gasteiger partial charge is 0.276 e. The van der Waals surface area contributed by atoms with Crippen LogP contribution in [0.1, 0.15) is 21.6 Å². The van der Waals surface area contributed by atoms with Crippen molar-refractivity contribution < 1.29 is 9.53 Å². The van der Waals surface area contributed by atoms with Crippen LogP contribution in [0.25, 0.3) is 0 Å². The summed E-state index contributed by atoms with van der Waals surface area (Å²) in [6, 6.07) is 7.19. The molecule has 27 heavy (non-hydrogen) atoms. The standard InChI is InChI=1S/C19H24ClN5O2/c1-13-11-14(2)18(15(20)12-13)22-19(26)16-3-4-17(24-23-16)21-5-6-25-7-9-27-10-8-25/h3-4,11-12H,5-10H2,1-2H3,(H,21,24)(H,22,26). The maximum absolute atomic E-state index is 12.4. The number of morpholine rings is 1. The Morgan fingerprint density at radius 3 is 2.67 bits per heavy atom. The summed E-state index contributed by atoms with van der Waals surface area (Å²) in [5, 5.41) is 14.6. The van der Waals surface area contributed by atoms with E-state index in [1.807, 2.05) is 26.0 Å². The lowest BCUT2D eigenvalue weighted by Gasteiger charge is -2.26. The second-order valence-corrected chi connectivity index (χ2v) is 6.98. The van der Waals surface area contributed by atoms with Gasteiger partial charge >= 0.3 is 0 Å². The molecule has 2 N–H and O–H groups in total. The molecule has 1 aromatic heterocycles. The van der Waals surface area contributed by atoms with E-state index in [2.05, 4.69) is 25.7 Å². The van der Waals surface area contributed by atoms with Crippen LogP contribution in [0, 0.1) is 13.8 Å². The molecule has 0 bridgehead atoms. The minimum absolute atomic E-state index is 0.241. The molecule has 0 spiro atoms. The maximum Gasteiger partial charge on any atom is 0.276 e. The minimum atomic E-state index is -0.337. The van der Waals surface area contributed by atoms with Gasteiger partial charge in [-0.25, -0.2) is 0 Å². The van der Waals surface area contributed by atoms with Crippen molar-refractivity contribution in [2.75, 3.05) is 50.0 Å². The van der Waals surface area contributed by atoms with Gasteiger partial charge < -0.3 is 15.4 Å². The van der Waals surface area contributed by atoms with Gasteiger partial charge in [-0.2, -0.15) is 0 Å². The number of nitrogens with one attached hydrogen (secondary N) is 2. The maximum atomic E-state index is 12.4. The van der Waals surface area contributed by atoms with Crippen LogP contribution < -0.4 is 10.6 Å². The molecule has 1 aliphatic heterocycles. The Labute approximate surface area is 164 Å². The quantitative estimate of drug-likeness (QED) is 0.790. The van der Waals surface area contributed by atoms with Crippen molar-refractivity contribution in [2.45, 2.75) is 13.8 Å². The van der Waals surface area contributed by atoms with Crippen molar-refractivity contribution in [3.8, 4) is 0 Å². The lowest BCUT2D eigenvalue weighted by molar-refractivity contribution is 0.0398. The van der Waals surface area contributed by atoms with Gasteiger partial charge in [0.05, 0.1) is 23.9 Å².